The Kier molecular flexibility index (Phi) is 3.91. The van der Waals surface area contributed by atoms with Crippen LogP contribution in [-0.4, -0.2) is 36.6 Å². The lowest BCUT2D eigenvalue weighted by molar-refractivity contribution is 0.0644. The molecule has 1 saturated carbocycles. The summed E-state index contributed by atoms with van der Waals surface area (Å²) < 4.78 is 0. The Morgan fingerprint density at radius 3 is 2.62 bits per heavy atom. The molecule has 2 rings (SSSR count). The van der Waals surface area contributed by atoms with Gasteiger partial charge in [-0.3, -0.25) is 0 Å². The zero-order valence-corrected chi connectivity index (χ0v) is 11.3. The first kappa shape index (κ1) is 12.4. The van der Waals surface area contributed by atoms with Gasteiger partial charge in [0.05, 0.1) is 0 Å². The van der Waals surface area contributed by atoms with Crippen LogP contribution in [0.2, 0.25) is 0 Å². The predicted molar refractivity (Wildman–Crippen MR) is 69.7 cm³/mol. The molecule has 1 aliphatic heterocycles. The average Bonchev–Trinajstić information content (AvgIpc) is 2.14. The van der Waals surface area contributed by atoms with E-state index >= 15 is 0 Å². The van der Waals surface area contributed by atoms with Crippen LogP contribution in [0.5, 0.6) is 0 Å². The summed E-state index contributed by atoms with van der Waals surface area (Å²) in [4.78, 5) is 2.70. The molecule has 1 saturated heterocycles. The van der Waals surface area contributed by atoms with E-state index in [1.807, 2.05) is 0 Å². The quantitative estimate of drug-likeness (QED) is 0.790. The summed E-state index contributed by atoms with van der Waals surface area (Å²) in [6.45, 7) is 10.9. The molecule has 0 spiro atoms. The third-order valence-electron chi connectivity index (χ3n) is 4.24. The highest BCUT2D eigenvalue weighted by Gasteiger charge is 2.34. The van der Waals surface area contributed by atoms with Crippen molar-refractivity contribution < 1.29 is 0 Å². The lowest BCUT2D eigenvalue weighted by Gasteiger charge is -2.45. The Bertz CT molecular complexity index is 221. The average molecular weight is 224 g/mol. The fourth-order valence-corrected chi connectivity index (χ4v) is 3.28. The highest BCUT2D eigenvalue weighted by molar-refractivity contribution is 4.89. The minimum atomic E-state index is 0.629. The molecule has 94 valence electrons. The molecule has 2 nitrogen and oxygen atoms in total. The van der Waals surface area contributed by atoms with Gasteiger partial charge < -0.3 is 10.2 Å². The first-order valence-corrected chi connectivity index (χ1v) is 7.06. The van der Waals surface area contributed by atoms with E-state index in [-0.39, 0.29) is 0 Å². The minimum absolute atomic E-state index is 0.629. The lowest BCUT2D eigenvalue weighted by atomic mass is 9.70. The molecular weight excluding hydrogens is 196 g/mol. The molecule has 0 aromatic carbocycles. The first-order valence-electron chi connectivity index (χ1n) is 7.06. The van der Waals surface area contributed by atoms with Crippen molar-refractivity contribution in [2.45, 2.75) is 65.0 Å². The minimum Gasteiger partial charge on any atom is -0.311 e. The summed E-state index contributed by atoms with van der Waals surface area (Å²) in [5.41, 5.74) is 0.653. The molecule has 0 radical (unpaired) electrons. The van der Waals surface area contributed by atoms with Gasteiger partial charge in [-0.05, 0) is 37.6 Å². The number of likely N-dealkylation sites (tertiary alicyclic amines) is 1. The second-order valence-corrected chi connectivity index (χ2v) is 6.56. The molecule has 0 aromatic heterocycles. The standard InChI is InChI=1S/C14H28N2/c1-12(2)15-13-6-4-9-16(10-13)11-14(3)7-5-8-14/h12-13,15H,4-11H2,1-3H3. The van der Waals surface area contributed by atoms with Crippen molar-refractivity contribution in [2.75, 3.05) is 19.6 Å². The number of hydrogen-bond donors (Lipinski definition) is 1. The molecule has 0 aromatic rings. The van der Waals surface area contributed by atoms with E-state index in [0.29, 0.717) is 11.5 Å². The zero-order chi connectivity index (χ0) is 11.6. The van der Waals surface area contributed by atoms with Crippen LogP contribution < -0.4 is 5.32 Å². The van der Waals surface area contributed by atoms with Gasteiger partial charge >= 0.3 is 0 Å². The Morgan fingerprint density at radius 2 is 2.06 bits per heavy atom. The van der Waals surface area contributed by atoms with Gasteiger partial charge in [0.1, 0.15) is 0 Å². The Hall–Kier alpha value is -0.0800. The molecule has 1 N–H and O–H groups in total. The molecule has 2 heteroatoms. The number of piperidine rings is 1. The van der Waals surface area contributed by atoms with Crippen molar-refractivity contribution in [1.82, 2.24) is 10.2 Å². The van der Waals surface area contributed by atoms with E-state index in [1.54, 1.807) is 0 Å². The maximum absolute atomic E-state index is 3.69. The lowest BCUT2D eigenvalue weighted by Crippen LogP contribution is -2.51. The molecule has 16 heavy (non-hydrogen) atoms. The zero-order valence-electron chi connectivity index (χ0n) is 11.3. The van der Waals surface area contributed by atoms with Crippen LogP contribution in [0.15, 0.2) is 0 Å². The van der Waals surface area contributed by atoms with E-state index in [2.05, 4.69) is 31.0 Å². The van der Waals surface area contributed by atoms with Gasteiger partial charge in [-0.2, -0.15) is 0 Å². The van der Waals surface area contributed by atoms with Crippen molar-refractivity contribution in [1.29, 1.82) is 0 Å². The SMILES string of the molecule is CC(C)NC1CCCN(CC2(C)CCC2)C1. The van der Waals surface area contributed by atoms with Crippen molar-refractivity contribution in [3.8, 4) is 0 Å². The third-order valence-corrected chi connectivity index (χ3v) is 4.24. The van der Waals surface area contributed by atoms with Crippen LogP contribution in [0, 0.1) is 5.41 Å². The molecule has 0 bridgehead atoms. The third kappa shape index (κ3) is 3.21. The number of hydrogen-bond acceptors (Lipinski definition) is 2. The van der Waals surface area contributed by atoms with Gasteiger partial charge in [0.25, 0.3) is 0 Å². The van der Waals surface area contributed by atoms with E-state index in [4.69, 9.17) is 0 Å². The normalized spacial score (nSPS) is 30.4. The second kappa shape index (κ2) is 5.05. The molecule has 1 aliphatic carbocycles. The second-order valence-electron chi connectivity index (χ2n) is 6.56. The van der Waals surface area contributed by atoms with E-state index < -0.39 is 0 Å². The van der Waals surface area contributed by atoms with Crippen molar-refractivity contribution in [2.24, 2.45) is 5.41 Å². The topological polar surface area (TPSA) is 15.3 Å². The van der Waals surface area contributed by atoms with Gasteiger partial charge in [0.2, 0.25) is 0 Å². The fourth-order valence-electron chi connectivity index (χ4n) is 3.28. The van der Waals surface area contributed by atoms with Gasteiger partial charge in [-0.1, -0.05) is 27.2 Å². The van der Waals surface area contributed by atoms with Crippen LogP contribution >= 0.6 is 0 Å². The fraction of sp³-hybridized carbons (Fsp3) is 1.00. The Labute approximate surface area is 101 Å². The Balaban J connectivity index is 1.77. The summed E-state index contributed by atoms with van der Waals surface area (Å²) in [5, 5.41) is 3.69. The summed E-state index contributed by atoms with van der Waals surface area (Å²) in [6.07, 6.45) is 7.10. The maximum Gasteiger partial charge on any atom is 0.0197 e. The molecule has 1 unspecified atom stereocenters. The largest absolute Gasteiger partial charge is 0.311 e. The van der Waals surface area contributed by atoms with E-state index in [1.165, 1.54) is 51.7 Å². The summed E-state index contributed by atoms with van der Waals surface area (Å²) in [6, 6.07) is 1.36. The van der Waals surface area contributed by atoms with Gasteiger partial charge in [-0.15, -0.1) is 0 Å². The first-order chi connectivity index (χ1) is 7.57. The number of nitrogens with zero attached hydrogens (tertiary/aromatic N) is 1. The Morgan fingerprint density at radius 1 is 1.31 bits per heavy atom. The number of nitrogens with one attached hydrogen (secondary N) is 1. The number of rotatable bonds is 4. The predicted octanol–water partition coefficient (Wildman–Crippen LogP) is 2.64. The summed E-state index contributed by atoms with van der Waals surface area (Å²) >= 11 is 0. The summed E-state index contributed by atoms with van der Waals surface area (Å²) in [7, 11) is 0. The van der Waals surface area contributed by atoms with E-state index in [9.17, 15) is 0 Å². The van der Waals surface area contributed by atoms with Crippen LogP contribution in [-0.2, 0) is 0 Å². The summed E-state index contributed by atoms with van der Waals surface area (Å²) in [5.74, 6) is 0. The van der Waals surface area contributed by atoms with Crippen molar-refractivity contribution in [3.05, 3.63) is 0 Å². The van der Waals surface area contributed by atoms with Crippen LogP contribution in [0.3, 0.4) is 0 Å². The smallest absolute Gasteiger partial charge is 0.0197 e. The van der Waals surface area contributed by atoms with Crippen LogP contribution in [0.25, 0.3) is 0 Å². The van der Waals surface area contributed by atoms with Crippen LogP contribution in [0.1, 0.15) is 52.9 Å². The molecular formula is C14H28N2. The van der Waals surface area contributed by atoms with Crippen molar-refractivity contribution >= 4 is 0 Å². The molecule has 1 atom stereocenters. The highest BCUT2D eigenvalue weighted by atomic mass is 15.2. The van der Waals surface area contributed by atoms with E-state index in [0.717, 1.165) is 6.04 Å². The molecule has 2 fully saturated rings. The van der Waals surface area contributed by atoms with Crippen molar-refractivity contribution in [3.63, 3.8) is 0 Å². The molecule has 2 aliphatic rings. The highest BCUT2D eigenvalue weighted by Crippen LogP contribution is 2.41. The molecule has 0 amide bonds. The van der Waals surface area contributed by atoms with Gasteiger partial charge in [0.15, 0.2) is 0 Å². The maximum atomic E-state index is 3.69. The van der Waals surface area contributed by atoms with Gasteiger partial charge in [0, 0.05) is 25.2 Å². The monoisotopic (exact) mass is 224 g/mol. The van der Waals surface area contributed by atoms with Crippen LogP contribution in [0.4, 0.5) is 0 Å². The van der Waals surface area contributed by atoms with Gasteiger partial charge in [-0.25, -0.2) is 0 Å². The molecule has 1 heterocycles.